The molecule has 0 spiro atoms. The molecule has 0 aliphatic carbocycles. The van der Waals surface area contributed by atoms with E-state index in [0.29, 0.717) is 26.4 Å². The molecule has 1 atom stereocenters. The fraction of sp³-hybridized carbons (Fsp3) is 0.286. The van der Waals surface area contributed by atoms with Crippen molar-refractivity contribution < 1.29 is 19.1 Å². The van der Waals surface area contributed by atoms with Gasteiger partial charge in [-0.05, 0) is 35.1 Å². The van der Waals surface area contributed by atoms with E-state index in [9.17, 15) is 10.1 Å². The highest BCUT2D eigenvalue weighted by atomic mass is 16.6. The molecule has 2 aromatic carbocycles. The lowest BCUT2D eigenvalue weighted by atomic mass is 10.1. The average molecular weight is 395 g/mol. The second-order valence-corrected chi connectivity index (χ2v) is 7.23. The highest BCUT2D eigenvalue weighted by Gasteiger charge is 2.40. The third kappa shape index (κ3) is 4.55. The molecule has 1 unspecified atom stereocenters. The molecule has 0 saturated carbocycles. The maximum Gasteiger partial charge on any atom is 0.415 e. The van der Waals surface area contributed by atoms with Gasteiger partial charge < -0.3 is 24.3 Å². The van der Waals surface area contributed by atoms with Crippen molar-refractivity contribution >= 4 is 5.82 Å². The van der Waals surface area contributed by atoms with Gasteiger partial charge in [-0.15, -0.1) is 0 Å². The molecule has 8 heteroatoms. The molecule has 8 nitrogen and oxygen atoms in total. The molecule has 0 radical (unpaired) electrons. The summed E-state index contributed by atoms with van der Waals surface area (Å²) < 4.78 is 19.0. The van der Waals surface area contributed by atoms with Crippen molar-refractivity contribution in [2.45, 2.75) is 32.3 Å². The summed E-state index contributed by atoms with van der Waals surface area (Å²) in [6, 6.07) is 18.0. The van der Waals surface area contributed by atoms with Crippen LogP contribution in [0, 0.1) is 10.1 Å². The Kier molecular flexibility index (Phi) is 5.18. The zero-order chi connectivity index (χ0) is 20.3. The Morgan fingerprint density at radius 1 is 1.14 bits per heavy atom. The van der Waals surface area contributed by atoms with Gasteiger partial charge in [-0.1, -0.05) is 42.5 Å². The molecule has 0 fully saturated rings. The maximum atomic E-state index is 10.8. The summed E-state index contributed by atoms with van der Waals surface area (Å²) in [7, 11) is 0. The monoisotopic (exact) mass is 395 g/mol. The quantitative estimate of drug-likeness (QED) is 0.426. The van der Waals surface area contributed by atoms with Gasteiger partial charge in [-0.2, -0.15) is 0 Å². The van der Waals surface area contributed by atoms with Gasteiger partial charge in [0.05, 0.1) is 19.8 Å². The van der Waals surface area contributed by atoms with Crippen LogP contribution in [-0.4, -0.2) is 26.7 Å². The van der Waals surface area contributed by atoms with Crippen LogP contribution in [0.5, 0.6) is 11.8 Å². The van der Waals surface area contributed by atoms with Crippen molar-refractivity contribution in [1.29, 1.82) is 0 Å². The standard InChI is InChI=1S/C21H21N3O5/c1-21(14-23-11-19(24(25)26)22-20(23)29-21)15-27-12-17-7-9-18(10-8-17)28-13-16-5-3-2-4-6-16/h2-11H,12-15H2,1H3. The fourth-order valence-electron chi connectivity index (χ4n) is 3.16. The van der Waals surface area contributed by atoms with Gasteiger partial charge in [-0.25, -0.2) is 0 Å². The van der Waals surface area contributed by atoms with E-state index in [-0.39, 0.29) is 11.8 Å². The molecule has 0 bridgehead atoms. The Bertz CT molecular complexity index is 962. The number of nitro groups is 1. The van der Waals surface area contributed by atoms with E-state index in [0.717, 1.165) is 16.9 Å². The number of ether oxygens (including phenoxy) is 3. The number of hydrogen-bond donors (Lipinski definition) is 0. The van der Waals surface area contributed by atoms with E-state index in [1.54, 1.807) is 4.57 Å². The van der Waals surface area contributed by atoms with Gasteiger partial charge in [-0.3, -0.25) is 4.57 Å². The van der Waals surface area contributed by atoms with Crippen molar-refractivity contribution in [2.24, 2.45) is 0 Å². The Morgan fingerprint density at radius 3 is 2.55 bits per heavy atom. The topological polar surface area (TPSA) is 88.7 Å². The van der Waals surface area contributed by atoms with Gasteiger partial charge in [0, 0.05) is 4.98 Å². The zero-order valence-corrected chi connectivity index (χ0v) is 16.0. The molecule has 0 N–H and O–H groups in total. The van der Waals surface area contributed by atoms with E-state index in [1.807, 2.05) is 61.5 Å². The minimum absolute atomic E-state index is 0.211. The Morgan fingerprint density at radius 2 is 1.86 bits per heavy atom. The Hall–Kier alpha value is -3.39. The molecular weight excluding hydrogens is 374 g/mol. The van der Waals surface area contributed by atoms with Crippen LogP contribution in [0.1, 0.15) is 18.1 Å². The highest BCUT2D eigenvalue weighted by molar-refractivity contribution is 5.27. The van der Waals surface area contributed by atoms with E-state index < -0.39 is 10.5 Å². The van der Waals surface area contributed by atoms with Crippen LogP contribution in [-0.2, 0) is 24.5 Å². The summed E-state index contributed by atoms with van der Waals surface area (Å²) in [5.41, 5.74) is 1.54. The molecular formula is C21H21N3O5. The molecule has 1 aromatic heterocycles. The molecule has 0 amide bonds. The number of fused-ring (bicyclic) bond motifs is 1. The largest absolute Gasteiger partial charge is 0.489 e. The predicted octanol–water partition coefficient (Wildman–Crippen LogP) is 3.74. The number of nitrogens with zero attached hydrogens (tertiary/aromatic N) is 3. The second-order valence-electron chi connectivity index (χ2n) is 7.23. The maximum absolute atomic E-state index is 10.8. The van der Waals surface area contributed by atoms with Crippen molar-refractivity contribution in [3.63, 3.8) is 0 Å². The van der Waals surface area contributed by atoms with Crippen molar-refractivity contribution in [3.8, 4) is 11.8 Å². The molecule has 1 aliphatic heterocycles. The van der Waals surface area contributed by atoms with Crippen molar-refractivity contribution in [1.82, 2.24) is 9.55 Å². The second kappa shape index (κ2) is 7.92. The van der Waals surface area contributed by atoms with Crippen LogP contribution in [0.15, 0.2) is 60.8 Å². The third-order valence-corrected chi connectivity index (χ3v) is 4.60. The van der Waals surface area contributed by atoms with Gasteiger partial charge in [0.15, 0.2) is 5.60 Å². The molecule has 29 heavy (non-hydrogen) atoms. The van der Waals surface area contributed by atoms with Crippen LogP contribution in [0.25, 0.3) is 0 Å². The molecule has 0 saturated heterocycles. The first-order valence-electron chi connectivity index (χ1n) is 9.25. The fourth-order valence-corrected chi connectivity index (χ4v) is 3.16. The van der Waals surface area contributed by atoms with E-state index >= 15 is 0 Å². The normalized spacial score (nSPS) is 17.6. The van der Waals surface area contributed by atoms with Crippen molar-refractivity contribution in [3.05, 3.63) is 82.0 Å². The summed E-state index contributed by atoms with van der Waals surface area (Å²) in [6.45, 7) is 3.65. The number of aromatic nitrogens is 2. The van der Waals surface area contributed by atoms with E-state index in [4.69, 9.17) is 14.2 Å². The number of benzene rings is 2. The van der Waals surface area contributed by atoms with Crippen molar-refractivity contribution in [2.75, 3.05) is 6.61 Å². The first-order chi connectivity index (χ1) is 14.0. The Labute approximate surface area is 167 Å². The molecule has 150 valence electrons. The Balaban J connectivity index is 1.24. The van der Waals surface area contributed by atoms with Gasteiger partial charge >= 0.3 is 11.8 Å². The van der Waals surface area contributed by atoms with E-state index in [1.165, 1.54) is 6.20 Å². The molecule has 1 aliphatic rings. The van der Waals surface area contributed by atoms with Crippen LogP contribution in [0.4, 0.5) is 5.82 Å². The smallest absolute Gasteiger partial charge is 0.415 e. The van der Waals surface area contributed by atoms with Crippen LogP contribution in [0.3, 0.4) is 0 Å². The first kappa shape index (κ1) is 18.9. The third-order valence-electron chi connectivity index (χ3n) is 4.60. The molecule has 2 heterocycles. The molecule has 3 aromatic rings. The zero-order valence-electron chi connectivity index (χ0n) is 16.0. The van der Waals surface area contributed by atoms with Gasteiger partial charge in [0.1, 0.15) is 18.6 Å². The first-order valence-corrected chi connectivity index (χ1v) is 9.25. The number of hydrogen-bond acceptors (Lipinski definition) is 6. The lowest BCUT2D eigenvalue weighted by molar-refractivity contribution is -0.389. The van der Waals surface area contributed by atoms with Gasteiger partial charge in [0.25, 0.3) is 0 Å². The summed E-state index contributed by atoms with van der Waals surface area (Å²) in [5, 5.41) is 10.8. The average Bonchev–Trinajstić information content (AvgIpc) is 3.23. The lowest BCUT2D eigenvalue weighted by Gasteiger charge is -2.21. The predicted molar refractivity (Wildman–Crippen MR) is 105 cm³/mol. The van der Waals surface area contributed by atoms with Crippen LogP contribution in [0.2, 0.25) is 0 Å². The van der Waals surface area contributed by atoms with Gasteiger partial charge in [0.2, 0.25) is 0 Å². The number of rotatable bonds is 8. The van der Waals surface area contributed by atoms with E-state index in [2.05, 4.69) is 4.98 Å². The summed E-state index contributed by atoms with van der Waals surface area (Å²) in [4.78, 5) is 14.1. The summed E-state index contributed by atoms with van der Waals surface area (Å²) in [5.74, 6) is 0.591. The summed E-state index contributed by atoms with van der Waals surface area (Å²) in [6.07, 6.45) is 1.38. The minimum atomic E-state index is -0.601. The molecule has 4 rings (SSSR count). The SMILES string of the molecule is CC1(COCc2ccc(OCc3ccccc3)cc2)Cn2cc([N+](=O)[O-])nc2O1. The lowest BCUT2D eigenvalue weighted by Crippen LogP contribution is -2.36. The number of imidazole rings is 1. The van der Waals surface area contributed by atoms with Crippen LogP contribution >= 0.6 is 0 Å². The highest BCUT2D eigenvalue weighted by Crippen LogP contribution is 2.31. The van der Waals surface area contributed by atoms with Crippen LogP contribution < -0.4 is 9.47 Å². The minimum Gasteiger partial charge on any atom is -0.489 e. The summed E-state index contributed by atoms with van der Waals surface area (Å²) >= 11 is 0.